The summed E-state index contributed by atoms with van der Waals surface area (Å²) in [6, 6.07) is 0. The maximum atomic E-state index is 11.5. The normalized spacial score (nSPS) is 13.6. The lowest BCUT2D eigenvalue weighted by molar-refractivity contribution is -0.145. The highest BCUT2D eigenvalue weighted by molar-refractivity contribution is 6.31. The molecule has 4 nitrogen and oxygen atoms in total. The highest BCUT2D eigenvalue weighted by Crippen LogP contribution is 2.15. The van der Waals surface area contributed by atoms with Crippen LogP contribution in [0.1, 0.15) is 52.4 Å². The molecule has 2 unspecified atom stereocenters. The second-order valence-electron chi connectivity index (χ2n) is 4.55. The number of alkyl halides is 2. The van der Waals surface area contributed by atoms with Crippen molar-refractivity contribution in [2.45, 2.75) is 63.1 Å². The molecule has 0 aromatic heterocycles. The van der Waals surface area contributed by atoms with Gasteiger partial charge in [0.05, 0.1) is 13.2 Å². The summed E-state index contributed by atoms with van der Waals surface area (Å²) < 4.78 is 9.97. The number of esters is 2. The summed E-state index contributed by atoms with van der Waals surface area (Å²) in [7, 11) is 0. The summed E-state index contributed by atoms with van der Waals surface area (Å²) >= 11 is 11.8. The summed E-state index contributed by atoms with van der Waals surface area (Å²) in [5.41, 5.74) is 0. The van der Waals surface area contributed by atoms with Crippen molar-refractivity contribution in [1.82, 2.24) is 0 Å². The Morgan fingerprint density at radius 3 is 1.50 bits per heavy atom. The van der Waals surface area contributed by atoms with Crippen LogP contribution in [-0.4, -0.2) is 35.9 Å². The molecule has 0 rings (SSSR count). The van der Waals surface area contributed by atoms with Gasteiger partial charge in [0, 0.05) is 0 Å². The molecule has 0 radical (unpaired) electrons. The van der Waals surface area contributed by atoms with Crippen LogP contribution in [0.2, 0.25) is 0 Å². The Labute approximate surface area is 131 Å². The third-order valence-electron chi connectivity index (χ3n) is 2.67. The molecular formula is C14H24Cl2O4. The van der Waals surface area contributed by atoms with E-state index < -0.39 is 22.7 Å². The molecule has 6 heteroatoms. The molecule has 0 saturated heterocycles. The molecule has 0 aliphatic rings. The first-order chi connectivity index (χ1) is 9.52. The van der Waals surface area contributed by atoms with Crippen molar-refractivity contribution in [2.75, 3.05) is 13.2 Å². The average Bonchev–Trinajstić information content (AvgIpc) is 2.44. The average molecular weight is 327 g/mol. The Bertz CT molecular complexity index is 256. The minimum atomic E-state index is -0.767. The molecule has 0 spiro atoms. The number of carbonyl (C=O) groups excluding carboxylic acids is 2. The minimum Gasteiger partial charge on any atom is -0.465 e. The first-order valence-corrected chi connectivity index (χ1v) is 8.01. The molecule has 0 aromatic rings. The lowest BCUT2D eigenvalue weighted by Gasteiger charge is -2.12. The number of hydrogen-bond donors (Lipinski definition) is 0. The highest BCUT2D eigenvalue weighted by atomic mass is 35.5. The van der Waals surface area contributed by atoms with Crippen molar-refractivity contribution in [1.29, 1.82) is 0 Å². The van der Waals surface area contributed by atoms with Crippen molar-refractivity contribution < 1.29 is 19.1 Å². The summed E-state index contributed by atoms with van der Waals surface area (Å²) in [5, 5.41) is -1.53. The second kappa shape index (κ2) is 12.3. The van der Waals surface area contributed by atoms with Gasteiger partial charge in [-0.25, -0.2) is 0 Å². The van der Waals surface area contributed by atoms with Crippen molar-refractivity contribution in [3.05, 3.63) is 0 Å². The van der Waals surface area contributed by atoms with Crippen LogP contribution in [0.5, 0.6) is 0 Å². The van der Waals surface area contributed by atoms with Crippen molar-refractivity contribution >= 4 is 35.1 Å². The summed E-state index contributed by atoms with van der Waals surface area (Å²) in [4.78, 5) is 23.0. The topological polar surface area (TPSA) is 52.6 Å². The molecule has 20 heavy (non-hydrogen) atoms. The number of unbranched alkanes of at least 4 members (excludes halogenated alkanes) is 2. The predicted octanol–water partition coefficient (Wildman–Crippen LogP) is 3.67. The summed E-state index contributed by atoms with van der Waals surface area (Å²) in [6.07, 6.45) is 4.13. The third-order valence-corrected chi connectivity index (χ3v) is 3.46. The van der Waals surface area contributed by atoms with Gasteiger partial charge in [-0.05, 0) is 25.7 Å². The van der Waals surface area contributed by atoms with Crippen LogP contribution in [0, 0.1) is 0 Å². The van der Waals surface area contributed by atoms with Crippen LogP contribution in [0.25, 0.3) is 0 Å². The van der Waals surface area contributed by atoms with Crippen molar-refractivity contribution in [2.24, 2.45) is 0 Å². The Morgan fingerprint density at radius 2 is 1.20 bits per heavy atom. The van der Waals surface area contributed by atoms with Crippen LogP contribution in [0.4, 0.5) is 0 Å². The van der Waals surface area contributed by atoms with E-state index in [-0.39, 0.29) is 0 Å². The molecular weight excluding hydrogens is 303 g/mol. The fourth-order valence-corrected chi connectivity index (χ4v) is 1.72. The van der Waals surface area contributed by atoms with Gasteiger partial charge in [-0.1, -0.05) is 26.7 Å². The van der Waals surface area contributed by atoms with E-state index >= 15 is 0 Å². The van der Waals surface area contributed by atoms with E-state index in [0.29, 0.717) is 26.1 Å². The zero-order chi connectivity index (χ0) is 15.4. The van der Waals surface area contributed by atoms with Gasteiger partial charge in [-0.15, -0.1) is 23.2 Å². The SMILES string of the molecule is CCCCOC(=O)C(Cl)CCC(Cl)C(=O)OCCCC. The zero-order valence-electron chi connectivity index (χ0n) is 12.2. The van der Waals surface area contributed by atoms with Crippen LogP contribution in [0.3, 0.4) is 0 Å². The first kappa shape index (κ1) is 19.5. The molecule has 118 valence electrons. The molecule has 0 amide bonds. The van der Waals surface area contributed by atoms with Gasteiger partial charge >= 0.3 is 11.9 Å². The molecule has 0 aliphatic heterocycles. The molecule has 0 heterocycles. The number of hydrogen-bond acceptors (Lipinski definition) is 4. The molecule has 0 bridgehead atoms. The largest absolute Gasteiger partial charge is 0.465 e. The Kier molecular flexibility index (Phi) is 12.0. The molecule has 0 aromatic carbocycles. The van der Waals surface area contributed by atoms with Crippen LogP contribution in [-0.2, 0) is 19.1 Å². The van der Waals surface area contributed by atoms with E-state index in [2.05, 4.69) is 0 Å². The van der Waals surface area contributed by atoms with E-state index in [0.717, 1.165) is 25.7 Å². The Morgan fingerprint density at radius 1 is 0.850 bits per heavy atom. The third kappa shape index (κ3) is 9.43. The van der Waals surface area contributed by atoms with Gasteiger partial charge in [0.25, 0.3) is 0 Å². The molecule has 0 saturated carbocycles. The quantitative estimate of drug-likeness (QED) is 0.330. The van der Waals surface area contributed by atoms with Crippen LogP contribution < -0.4 is 0 Å². The maximum Gasteiger partial charge on any atom is 0.324 e. The van der Waals surface area contributed by atoms with Gasteiger partial charge < -0.3 is 9.47 Å². The molecule has 0 fully saturated rings. The van der Waals surface area contributed by atoms with Crippen LogP contribution in [0.15, 0.2) is 0 Å². The first-order valence-electron chi connectivity index (χ1n) is 7.14. The summed E-state index contributed by atoms with van der Waals surface area (Å²) in [5.74, 6) is -0.910. The van der Waals surface area contributed by atoms with E-state index in [9.17, 15) is 9.59 Å². The maximum absolute atomic E-state index is 11.5. The Balaban J connectivity index is 3.83. The lowest BCUT2D eigenvalue weighted by Crippen LogP contribution is -2.23. The summed E-state index contributed by atoms with van der Waals surface area (Å²) in [6.45, 7) is 4.77. The second-order valence-corrected chi connectivity index (χ2v) is 5.61. The minimum absolute atomic E-state index is 0.295. The highest BCUT2D eigenvalue weighted by Gasteiger charge is 2.22. The fourth-order valence-electron chi connectivity index (χ4n) is 1.34. The number of halogens is 2. The van der Waals surface area contributed by atoms with Crippen LogP contribution >= 0.6 is 23.2 Å². The van der Waals surface area contributed by atoms with Gasteiger partial charge in [0.1, 0.15) is 10.8 Å². The lowest BCUT2D eigenvalue weighted by atomic mass is 10.2. The number of ether oxygens (including phenoxy) is 2. The smallest absolute Gasteiger partial charge is 0.324 e. The van der Waals surface area contributed by atoms with Crippen molar-refractivity contribution in [3.8, 4) is 0 Å². The molecule has 2 atom stereocenters. The van der Waals surface area contributed by atoms with Gasteiger partial charge in [-0.3, -0.25) is 9.59 Å². The fraction of sp³-hybridized carbons (Fsp3) is 0.857. The Hall–Kier alpha value is -0.480. The number of rotatable bonds is 11. The molecule has 0 N–H and O–H groups in total. The predicted molar refractivity (Wildman–Crippen MR) is 80.3 cm³/mol. The van der Waals surface area contributed by atoms with Crippen molar-refractivity contribution in [3.63, 3.8) is 0 Å². The van der Waals surface area contributed by atoms with Gasteiger partial charge in [0.15, 0.2) is 0 Å². The molecule has 0 aliphatic carbocycles. The number of carbonyl (C=O) groups is 2. The van der Waals surface area contributed by atoms with Gasteiger partial charge in [0.2, 0.25) is 0 Å². The van der Waals surface area contributed by atoms with E-state index in [1.54, 1.807) is 0 Å². The zero-order valence-corrected chi connectivity index (χ0v) is 13.7. The van der Waals surface area contributed by atoms with E-state index in [1.807, 2.05) is 13.8 Å². The van der Waals surface area contributed by atoms with Gasteiger partial charge in [-0.2, -0.15) is 0 Å². The standard InChI is InChI=1S/C14H24Cl2O4/c1-3-5-9-19-13(17)11(15)7-8-12(16)14(18)20-10-6-4-2/h11-12H,3-10H2,1-2H3. The monoisotopic (exact) mass is 326 g/mol. The van der Waals surface area contributed by atoms with E-state index in [1.165, 1.54) is 0 Å². The van der Waals surface area contributed by atoms with E-state index in [4.69, 9.17) is 32.7 Å².